The molecule has 2 saturated carbocycles. The van der Waals surface area contributed by atoms with Gasteiger partial charge in [-0.05, 0) is 17.9 Å². The average molecular weight is 293 g/mol. The molecule has 2 rings (SSSR count). The zero-order valence-electron chi connectivity index (χ0n) is 13.1. The first-order valence-electron chi connectivity index (χ1n) is 8.72. The van der Waals surface area contributed by atoms with Gasteiger partial charge in [-0.25, -0.2) is 0 Å². The fourth-order valence-electron chi connectivity index (χ4n) is 4.08. The van der Waals surface area contributed by atoms with Crippen molar-refractivity contribution in [3.63, 3.8) is 0 Å². The van der Waals surface area contributed by atoms with Crippen LogP contribution in [-0.2, 0) is 4.43 Å². The van der Waals surface area contributed by atoms with Crippen LogP contribution in [0.1, 0.15) is 70.6 Å². The summed E-state index contributed by atoms with van der Waals surface area (Å²) in [6.45, 7) is 9.16. The lowest BCUT2D eigenvalue weighted by Gasteiger charge is -2.36. The topological polar surface area (TPSA) is 9.23 Å². The highest BCUT2D eigenvalue weighted by atomic mass is 28.4. The molecule has 0 atom stereocenters. The van der Waals surface area contributed by atoms with Gasteiger partial charge in [-0.3, -0.25) is 0 Å². The molecule has 0 amide bonds. The summed E-state index contributed by atoms with van der Waals surface area (Å²) >= 11 is 0. The first kappa shape index (κ1) is 16.0. The van der Waals surface area contributed by atoms with Crippen LogP contribution < -0.4 is 0 Å². The molecule has 0 saturated heterocycles. The lowest BCUT2D eigenvalue weighted by molar-refractivity contribution is 0.235. The minimum atomic E-state index is -1.90. The maximum Gasteiger partial charge on any atom is 0.243 e. The van der Waals surface area contributed by atoms with Crippen molar-refractivity contribution in [1.29, 1.82) is 0 Å². The van der Waals surface area contributed by atoms with Crippen molar-refractivity contribution < 1.29 is 4.43 Å². The molecule has 2 heteroatoms. The van der Waals surface area contributed by atoms with Gasteiger partial charge in [0, 0.05) is 6.61 Å². The quantitative estimate of drug-likeness (QED) is 0.547. The van der Waals surface area contributed by atoms with Gasteiger partial charge >= 0.3 is 0 Å². The molecule has 2 fully saturated rings. The molecule has 1 nitrogen and oxygen atoms in total. The highest BCUT2D eigenvalue weighted by molar-refractivity contribution is 6.84. The van der Waals surface area contributed by atoms with E-state index in [1.54, 1.807) is 0 Å². The highest BCUT2D eigenvalue weighted by Gasteiger charge is 2.38. The van der Waals surface area contributed by atoms with E-state index in [2.05, 4.69) is 24.6 Å². The molecule has 114 valence electrons. The van der Waals surface area contributed by atoms with E-state index in [9.17, 15) is 0 Å². The maximum atomic E-state index is 6.47. The third-order valence-corrected chi connectivity index (χ3v) is 9.32. The Morgan fingerprint density at radius 3 is 1.95 bits per heavy atom. The van der Waals surface area contributed by atoms with Gasteiger partial charge in [0.25, 0.3) is 0 Å². The third kappa shape index (κ3) is 4.08. The van der Waals surface area contributed by atoms with Crippen molar-refractivity contribution in [3.8, 4) is 0 Å². The Kier molecular flexibility index (Phi) is 6.56. The third-order valence-electron chi connectivity index (χ3n) is 5.48. The van der Waals surface area contributed by atoms with E-state index >= 15 is 0 Å². The summed E-state index contributed by atoms with van der Waals surface area (Å²) in [6, 6.07) is 0. The molecule has 0 heterocycles. The second-order valence-electron chi connectivity index (χ2n) is 6.74. The summed E-state index contributed by atoms with van der Waals surface area (Å²) in [7, 11) is -1.90. The minimum absolute atomic E-state index is 0.734. The van der Waals surface area contributed by atoms with E-state index < -0.39 is 8.32 Å². The Labute approximate surface area is 126 Å². The average Bonchev–Trinajstić information content (AvgIpc) is 2.54. The second-order valence-corrected chi connectivity index (χ2v) is 10.4. The Bertz CT molecular complexity index is 293. The van der Waals surface area contributed by atoms with Crippen LogP contribution in [0, 0.1) is 5.92 Å². The fraction of sp³-hybridized carbons (Fsp3) is 0.778. The molecule has 2 aliphatic carbocycles. The van der Waals surface area contributed by atoms with Crippen molar-refractivity contribution in [2.45, 2.75) is 76.2 Å². The molecule has 0 radical (unpaired) electrons. The largest absolute Gasteiger partial charge is 0.409 e. The lowest BCUT2D eigenvalue weighted by atomic mass is 9.87. The Morgan fingerprint density at radius 2 is 1.40 bits per heavy atom. The molecule has 0 N–H and O–H groups in total. The predicted octanol–water partition coefficient (Wildman–Crippen LogP) is 5.70. The Hall–Kier alpha value is -0.343. The number of hydrogen-bond donors (Lipinski definition) is 0. The van der Waals surface area contributed by atoms with Crippen molar-refractivity contribution >= 4 is 8.32 Å². The molecule has 0 aromatic heterocycles. The van der Waals surface area contributed by atoms with Crippen LogP contribution in [0.5, 0.6) is 0 Å². The summed E-state index contributed by atoms with van der Waals surface area (Å²) in [5.74, 6) is 0.913. The first-order valence-corrected chi connectivity index (χ1v) is 10.9. The first-order chi connectivity index (χ1) is 9.80. The van der Waals surface area contributed by atoms with Crippen LogP contribution in [0.15, 0.2) is 24.6 Å². The summed E-state index contributed by atoms with van der Waals surface area (Å²) in [5, 5.41) is 0. The maximum absolute atomic E-state index is 6.47. The molecular formula is C18H32OSi. The van der Waals surface area contributed by atoms with E-state index in [1.807, 2.05) is 0 Å². The van der Waals surface area contributed by atoms with Gasteiger partial charge in [0.2, 0.25) is 8.32 Å². The van der Waals surface area contributed by atoms with E-state index in [0.717, 1.165) is 18.1 Å². The standard InChI is InChI=1S/C18H32OSi/c1-3-20(4-2,18-13-9-6-10-14-18)19-16-15-17-11-7-5-8-12-17/h3-4,17-18H,1-2,5-16H2. The molecule has 0 spiro atoms. The fourth-order valence-corrected chi connectivity index (χ4v) is 7.17. The molecule has 0 aliphatic heterocycles. The van der Waals surface area contributed by atoms with Gasteiger partial charge < -0.3 is 4.43 Å². The van der Waals surface area contributed by atoms with Gasteiger partial charge in [0.1, 0.15) is 0 Å². The van der Waals surface area contributed by atoms with E-state index in [0.29, 0.717) is 0 Å². The van der Waals surface area contributed by atoms with Crippen molar-refractivity contribution in [2.75, 3.05) is 6.61 Å². The smallest absolute Gasteiger partial charge is 0.243 e. The van der Waals surface area contributed by atoms with Gasteiger partial charge in [-0.2, -0.15) is 0 Å². The molecule has 0 aromatic rings. The lowest BCUT2D eigenvalue weighted by Crippen LogP contribution is -2.41. The summed E-state index contributed by atoms with van der Waals surface area (Å²) < 4.78 is 6.47. The van der Waals surface area contributed by atoms with Crippen LogP contribution in [0.2, 0.25) is 5.54 Å². The Balaban J connectivity index is 1.84. The van der Waals surface area contributed by atoms with Gasteiger partial charge in [0.15, 0.2) is 0 Å². The molecule has 20 heavy (non-hydrogen) atoms. The van der Waals surface area contributed by atoms with E-state index in [4.69, 9.17) is 4.43 Å². The Morgan fingerprint density at radius 1 is 0.850 bits per heavy atom. The second kappa shape index (κ2) is 8.19. The molecule has 2 aliphatic rings. The van der Waals surface area contributed by atoms with Crippen molar-refractivity contribution in [3.05, 3.63) is 24.6 Å². The predicted molar refractivity (Wildman–Crippen MR) is 90.1 cm³/mol. The van der Waals surface area contributed by atoms with Crippen LogP contribution in [0.3, 0.4) is 0 Å². The van der Waals surface area contributed by atoms with Gasteiger partial charge in [0.05, 0.1) is 0 Å². The SMILES string of the molecule is C=C[Si](C=C)(OCCC1CCCCC1)C1CCCCC1. The van der Waals surface area contributed by atoms with Crippen LogP contribution in [0.4, 0.5) is 0 Å². The monoisotopic (exact) mass is 292 g/mol. The van der Waals surface area contributed by atoms with Gasteiger partial charge in [-0.15, -0.1) is 13.2 Å². The molecule has 0 aromatic carbocycles. The van der Waals surface area contributed by atoms with Gasteiger partial charge in [-0.1, -0.05) is 75.6 Å². The minimum Gasteiger partial charge on any atom is -0.409 e. The molecular weight excluding hydrogens is 260 g/mol. The zero-order chi connectivity index (χ0) is 14.3. The van der Waals surface area contributed by atoms with Crippen LogP contribution >= 0.6 is 0 Å². The highest BCUT2D eigenvalue weighted by Crippen LogP contribution is 2.39. The summed E-state index contributed by atoms with van der Waals surface area (Å²) in [6.07, 6.45) is 15.2. The number of hydrogen-bond acceptors (Lipinski definition) is 1. The number of rotatable bonds is 7. The van der Waals surface area contributed by atoms with E-state index in [1.165, 1.54) is 70.6 Å². The van der Waals surface area contributed by atoms with Crippen LogP contribution in [-0.4, -0.2) is 14.9 Å². The molecule has 0 unspecified atom stereocenters. The molecule has 0 bridgehead atoms. The van der Waals surface area contributed by atoms with Crippen molar-refractivity contribution in [1.82, 2.24) is 0 Å². The van der Waals surface area contributed by atoms with E-state index in [-0.39, 0.29) is 0 Å². The van der Waals surface area contributed by atoms with Crippen LogP contribution in [0.25, 0.3) is 0 Å². The summed E-state index contributed by atoms with van der Waals surface area (Å²) in [4.78, 5) is 0. The van der Waals surface area contributed by atoms with Crippen molar-refractivity contribution in [2.24, 2.45) is 5.92 Å². The summed E-state index contributed by atoms with van der Waals surface area (Å²) in [5.41, 5.74) is 5.03. The normalized spacial score (nSPS) is 22.6. The zero-order valence-corrected chi connectivity index (χ0v) is 14.1.